The van der Waals surface area contributed by atoms with Crippen LogP contribution in [-0.4, -0.2) is 28.5 Å². The van der Waals surface area contributed by atoms with Crippen molar-refractivity contribution >= 4 is 10.9 Å². The second kappa shape index (κ2) is 5.94. The molecule has 0 aliphatic carbocycles. The molecule has 1 aliphatic heterocycles. The van der Waals surface area contributed by atoms with E-state index in [1.807, 2.05) is 0 Å². The van der Waals surface area contributed by atoms with Gasteiger partial charge in [0.2, 0.25) is 0 Å². The zero-order valence-corrected chi connectivity index (χ0v) is 12.1. The molecule has 2 atom stereocenters. The first-order valence-corrected chi connectivity index (χ1v) is 7.61. The lowest BCUT2D eigenvalue weighted by molar-refractivity contribution is 0.000502. The van der Waals surface area contributed by atoms with E-state index in [1.54, 1.807) is 0 Å². The Hall–Kier alpha value is -1.39. The lowest BCUT2D eigenvalue weighted by Gasteiger charge is -2.27. The maximum atomic E-state index is 6.35. The van der Waals surface area contributed by atoms with Gasteiger partial charge in [0.05, 0.1) is 17.3 Å². The van der Waals surface area contributed by atoms with Crippen LogP contribution in [0.4, 0.5) is 0 Å². The Bertz CT molecular complexity index is 572. The topological polar surface area (TPSA) is 53.1 Å². The molecule has 2 N–H and O–H groups in total. The molecule has 1 aromatic heterocycles. The molecule has 0 amide bonds. The predicted octanol–water partition coefficient (Wildman–Crippen LogP) is 2.50. The van der Waals surface area contributed by atoms with Crippen molar-refractivity contribution in [1.29, 1.82) is 0 Å². The van der Waals surface area contributed by atoms with E-state index in [-0.39, 0.29) is 12.1 Å². The van der Waals surface area contributed by atoms with Crippen LogP contribution in [0.5, 0.6) is 0 Å². The minimum atomic E-state index is 0.0407. The highest BCUT2D eigenvalue weighted by molar-refractivity contribution is 5.82. The van der Waals surface area contributed by atoms with Gasteiger partial charge >= 0.3 is 0 Å². The maximum absolute atomic E-state index is 6.35. The molecule has 1 aromatic carbocycles. The van der Waals surface area contributed by atoms with Crippen LogP contribution >= 0.6 is 0 Å². The van der Waals surface area contributed by atoms with Gasteiger partial charge in [-0.1, -0.05) is 18.2 Å². The van der Waals surface area contributed by atoms with Gasteiger partial charge in [-0.25, -0.2) is 0 Å². The molecule has 1 fully saturated rings. The minimum Gasteiger partial charge on any atom is -0.377 e. The van der Waals surface area contributed by atoms with Crippen LogP contribution in [0, 0.1) is 0 Å². The Morgan fingerprint density at radius 1 is 1.40 bits per heavy atom. The van der Waals surface area contributed by atoms with Crippen LogP contribution < -0.4 is 5.73 Å². The summed E-state index contributed by atoms with van der Waals surface area (Å²) < 4.78 is 7.85. The normalized spacial score (nSPS) is 21.2. The molecular weight excluding hydrogens is 250 g/mol. The molecule has 0 saturated carbocycles. The van der Waals surface area contributed by atoms with Gasteiger partial charge in [0.15, 0.2) is 0 Å². The Kier molecular flexibility index (Phi) is 4.03. The molecule has 2 unspecified atom stereocenters. The second-order valence-corrected chi connectivity index (χ2v) is 5.55. The first-order chi connectivity index (χ1) is 9.79. The molecule has 1 aliphatic rings. The third kappa shape index (κ3) is 2.58. The molecule has 1 saturated heterocycles. The van der Waals surface area contributed by atoms with E-state index in [0.29, 0.717) is 0 Å². The van der Waals surface area contributed by atoms with Crippen LogP contribution in [0.25, 0.3) is 10.9 Å². The summed E-state index contributed by atoms with van der Waals surface area (Å²) in [5.74, 6) is 0. The number of aromatic nitrogens is 2. The maximum Gasteiger partial charge on any atom is 0.0729 e. The fourth-order valence-electron chi connectivity index (χ4n) is 3.05. The third-order valence-corrected chi connectivity index (χ3v) is 4.16. The number of nitrogens with two attached hydrogens (primary N) is 1. The van der Waals surface area contributed by atoms with Crippen LogP contribution in [0.1, 0.15) is 31.9 Å². The quantitative estimate of drug-likeness (QED) is 0.931. The van der Waals surface area contributed by atoms with Crippen molar-refractivity contribution in [2.75, 3.05) is 6.61 Å². The van der Waals surface area contributed by atoms with Crippen LogP contribution in [0.3, 0.4) is 0 Å². The minimum absolute atomic E-state index is 0.0407. The largest absolute Gasteiger partial charge is 0.377 e. The number of fused-ring (bicyclic) bond motifs is 1. The molecule has 0 bridgehead atoms. The number of hydrogen-bond donors (Lipinski definition) is 1. The van der Waals surface area contributed by atoms with E-state index in [4.69, 9.17) is 15.6 Å². The third-order valence-electron chi connectivity index (χ3n) is 4.16. The molecule has 4 heteroatoms. The highest BCUT2D eigenvalue weighted by Gasteiger charge is 2.23. The number of benzene rings is 1. The van der Waals surface area contributed by atoms with Crippen molar-refractivity contribution in [3.63, 3.8) is 0 Å². The Morgan fingerprint density at radius 2 is 2.25 bits per heavy atom. The van der Waals surface area contributed by atoms with Crippen LogP contribution in [0.15, 0.2) is 24.3 Å². The number of rotatable bonds is 4. The van der Waals surface area contributed by atoms with Gasteiger partial charge in [-0.3, -0.25) is 4.68 Å². The fourth-order valence-corrected chi connectivity index (χ4v) is 3.05. The van der Waals surface area contributed by atoms with E-state index >= 15 is 0 Å². The first-order valence-electron chi connectivity index (χ1n) is 7.61. The Balaban J connectivity index is 1.83. The van der Waals surface area contributed by atoms with Crippen molar-refractivity contribution in [3.8, 4) is 0 Å². The van der Waals surface area contributed by atoms with E-state index in [1.165, 1.54) is 17.3 Å². The zero-order chi connectivity index (χ0) is 13.9. The van der Waals surface area contributed by atoms with Gasteiger partial charge < -0.3 is 10.5 Å². The Labute approximate surface area is 119 Å². The van der Waals surface area contributed by atoms with Crippen molar-refractivity contribution in [2.24, 2.45) is 5.73 Å². The van der Waals surface area contributed by atoms with Crippen molar-refractivity contribution in [2.45, 2.75) is 51.3 Å². The summed E-state index contributed by atoms with van der Waals surface area (Å²) in [6, 6.07) is 8.43. The monoisotopic (exact) mass is 273 g/mol. The summed E-state index contributed by atoms with van der Waals surface area (Å²) in [5, 5.41) is 5.95. The molecule has 0 spiro atoms. The second-order valence-electron chi connectivity index (χ2n) is 5.55. The number of para-hydroxylation sites is 1. The van der Waals surface area contributed by atoms with Gasteiger partial charge in [0.25, 0.3) is 0 Å². The fraction of sp³-hybridized carbons (Fsp3) is 0.562. The molecule has 108 valence electrons. The standard InChI is InChI=1S/C16H23N3O/c1-2-19-15-8-4-3-7-12(15)14(18-19)11-13(17)16-9-5-6-10-20-16/h3-4,7-8,13,16H,2,5-6,9-11,17H2,1H3. The first kappa shape index (κ1) is 13.6. The molecule has 20 heavy (non-hydrogen) atoms. The van der Waals surface area contributed by atoms with E-state index in [9.17, 15) is 0 Å². The van der Waals surface area contributed by atoms with Crippen molar-refractivity contribution in [1.82, 2.24) is 9.78 Å². The predicted molar refractivity (Wildman–Crippen MR) is 80.7 cm³/mol. The lowest BCUT2D eigenvalue weighted by Crippen LogP contribution is -2.40. The zero-order valence-electron chi connectivity index (χ0n) is 12.1. The van der Waals surface area contributed by atoms with Crippen molar-refractivity contribution in [3.05, 3.63) is 30.0 Å². The number of aryl methyl sites for hydroxylation is 1. The van der Waals surface area contributed by atoms with Gasteiger partial charge in [-0.2, -0.15) is 5.10 Å². The van der Waals surface area contributed by atoms with Crippen LogP contribution in [0.2, 0.25) is 0 Å². The smallest absolute Gasteiger partial charge is 0.0729 e. The molecule has 3 rings (SSSR count). The van der Waals surface area contributed by atoms with Gasteiger partial charge in [-0.05, 0) is 32.3 Å². The molecule has 2 aromatic rings. The molecular formula is C16H23N3O. The summed E-state index contributed by atoms with van der Waals surface area (Å²) >= 11 is 0. The average Bonchev–Trinajstić information content (AvgIpc) is 2.86. The summed E-state index contributed by atoms with van der Waals surface area (Å²) in [6.07, 6.45) is 4.44. The molecule has 0 radical (unpaired) electrons. The average molecular weight is 273 g/mol. The van der Waals surface area contributed by atoms with Gasteiger partial charge in [-0.15, -0.1) is 0 Å². The molecule has 4 nitrogen and oxygen atoms in total. The SMILES string of the molecule is CCn1nc(CC(N)C2CCCCO2)c2ccccc21. The lowest BCUT2D eigenvalue weighted by atomic mass is 9.98. The van der Waals surface area contributed by atoms with E-state index in [2.05, 4.69) is 35.9 Å². The highest BCUT2D eigenvalue weighted by atomic mass is 16.5. The highest BCUT2D eigenvalue weighted by Crippen LogP contribution is 2.22. The van der Waals surface area contributed by atoms with E-state index in [0.717, 1.165) is 38.1 Å². The molecule has 2 heterocycles. The van der Waals surface area contributed by atoms with E-state index < -0.39 is 0 Å². The summed E-state index contributed by atoms with van der Waals surface area (Å²) in [4.78, 5) is 0. The van der Waals surface area contributed by atoms with Crippen molar-refractivity contribution < 1.29 is 4.74 Å². The van der Waals surface area contributed by atoms with Gasteiger partial charge in [0.1, 0.15) is 0 Å². The Morgan fingerprint density at radius 3 is 3.00 bits per heavy atom. The number of nitrogens with zero attached hydrogens (tertiary/aromatic N) is 2. The number of hydrogen-bond acceptors (Lipinski definition) is 3. The van der Waals surface area contributed by atoms with Gasteiger partial charge in [0, 0.05) is 31.0 Å². The number of ether oxygens (including phenoxy) is 1. The summed E-state index contributed by atoms with van der Waals surface area (Å²) in [7, 11) is 0. The summed E-state index contributed by atoms with van der Waals surface area (Å²) in [5.41, 5.74) is 8.65. The summed E-state index contributed by atoms with van der Waals surface area (Å²) in [6.45, 7) is 3.85. The van der Waals surface area contributed by atoms with Crippen LogP contribution in [-0.2, 0) is 17.7 Å².